The average molecular weight is 806 g/mol. The van der Waals surface area contributed by atoms with Crippen molar-refractivity contribution in [2.45, 2.75) is 43.9 Å². The lowest BCUT2D eigenvalue weighted by molar-refractivity contribution is 0.669. The van der Waals surface area contributed by atoms with Crippen LogP contribution in [0.25, 0.3) is 33.6 Å². The Hall–Kier alpha value is -7.60. The molecule has 2 atom stereocenters. The number of aryl methyl sites for hydroxylation is 1. The lowest BCUT2D eigenvalue weighted by Crippen LogP contribution is -2.31. The first-order valence-electron chi connectivity index (χ1n) is 22.3. The second kappa shape index (κ2) is 13.4. The maximum atomic E-state index is 6.61. The normalized spacial score (nSPS) is 23.5. The molecular formula is C61H43NO. The number of nitrogens with zero attached hydrogens (tertiary/aromatic N) is 1. The molecule has 1 spiro atoms. The van der Waals surface area contributed by atoms with Crippen molar-refractivity contribution in [1.29, 1.82) is 0 Å². The first-order valence-corrected chi connectivity index (χ1v) is 22.3. The van der Waals surface area contributed by atoms with E-state index in [1.807, 2.05) is 0 Å². The third kappa shape index (κ3) is 4.80. The van der Waals surface area contributed by atoms with Crippen molar-refractivity contribution in [2.75, 3.05) is 4.90 Å². The zero-order valence-electron chi connectivity index (χ0n) is 35.4. The van der Waals surface area contributed by atoms with E-state index in [9.17, 15) is 0 Å². The number of hydrogen-bond donors (Lipinski definition) is 0. The summed E-state index contributed by atoms with van der Waals surface area (Å²) in [7, 11) is 0. The highest BCUT2D eigenvalue weighted by Gasteiger charge is 2.53. The number of para-hydroxylation sites is 1. The number of rotatable bonds is 5. The Balaban J connectivity index is 1.12. The molecule has 2 heteroatoms. The second-order valence-corrected chi connectivity index (χ2v) is 17.7. The highest BCUT2D eigenvalue weighted by Crippen LogP contribution is 2.63. The zero-order valence-corrected chi connectivity index (χ0v) is 35.4. The largest absolute Gasteiger partial charge is 0.456 e. The number of benzene rings is 5. The quantitative estimate of drug-likeness (QED) is 0.161. The minimum absolute atomic E-state index is 0.493. The lowest BCUT2D eigenvalue weighted by Gasteiger charge is -2.38. The van der Waals surface area contributed by atoms with Gasteiger partial charge in [-0.1, -0.05) is 151 Å². The van der Waals surface area contributed by atoms with Crippen molar-refractivity contribution < 1.29 is 4.42 Å². The van der Waals surface area contributed by atoms with Crippen LogP contribution in [0, 0.1) is 6.92 Å². The molecule has 7 aliphatic carbocycles. The van der Waals surface area contributed by atoms with Gasteiger partial charge >= 0.3 is 0 Å². The Labute approximate surface area is 368 Å². The summed E-state index contributed by atoms with van der Waals surface area (Å²) in [5, 5.41) is 2.19. The fourth-order valence-corrected chi connectivity index (χ4v) is 12.1. The summed E-state index contributed by atoms with van der Waals surface area (Å²) >= 11 is 0. The van der Waals surface area contributed by atoms with Crippen LogP contribution in [0.1, 0.15) is 59.6 Å². The molecule has 6 aromatic rings. The van der Waals surface area contributed by atoms with Crippen LogP contribution in [0.5, 0.6) is 0 Å². The first-order chi connectivity index (χ1) is 31.1. The smallest absolute Gasteiger partial charge is 0.137 e. The fraction of sp³-hybridized carbons (Fsp3) is 0.115. The fourth-order valence-electron chi connectivity index (χ4n) is 12.1. The van der Waals surface area contributed by atoms with E-state index in [-0.39, 0.29) is 0 Å². The van der Waals surface area contributed by atoms with Gasteiger partial charge in [-0.15, -0.1) is 5.73 Å². The van der Waals surface area contributed by atoms with E-state index in [4.69, 9.17) is 4.42 Å². The Kier molecular flexibility index (Phi) is 7.70. The van der Waals surface area contributed by atoms with E-state index < -0.39 is 10.8 Å². The van der Waals surface area contributed by atoms with Crippen molar-refractivity contribution in [3.8, 4) is 0 Å². The van der Waals surface area contributed by atoms with Gasteiger partial charge in [-0.2, -0.15) is 0 Å². The van der Waals surface area contributed by atoms with Crippen LogP contribution in [0.3, 0.4) is 0 Å². The van der Waals surface area contributed by atoms with Gasteiger partial charge in [-0.3, -0.25) is 0 Å². The molecule has 13 rings (SSSR count). The van der Waals surface area contributed by atoms with Crippen LogP contribution >= 0.6 is 0 Å². The van der Waals surface area contributed by atoms with Crippen molar-refractivity contribution >= 4 is 45.0 Å². The monoisotopic (exact) mass is 805 g/mol. The van der Waals surface area contributed by atoms with Crippen LogP contribution in [0.2, 0.25) is 0 Å². The molecule has 5 aromatic carbocycles. The highest BCUT2D eigenvalue weighted by atomic mass is 16.3. The van der Waals surface area contributed by atoms with E-state index >= 15 is 0 Å². The van der Waals surface area contributed by atoms with Gasteiger partial charge in [-0.05, 0) is 143 Å². The van der Waals surface area contributed by atoms with Crippen molar-refractivity contribution in [3.05, 3.63) is 272 Å². The number of fused-ring (bicyclic) bond motifs is 11. The summed E-state index contributed by atoms with van der Waals surface area (Å²) in [6, 6.07) is 40.2. The standard InChI is InChI=1S/C61H43NO/c1-39-18-6-12-27-50(39)61(42-22-8-9-23-42)53-30-16-26-46(53)49-36-44(38-55(49)61)62(56-31-17-33-58-59(56)48-25-11-15-32-57(48)63-58)43-34-35-47-45-24-10-14-29-52(45)60(54(47)37-43)40(2)19-4-3-5-20-41-21-7-13-28-51(41)60/h3-9,11-22,25-29,31-35,37-38H,10,24,30H2,1-2H3/b4-3-,20-5?,40-19+. The van der Waals surface area contributed by atoms with Crippen molar-refractivity contribution in [2.24, 2.45) is 0 Å². The van der Waals surface area contributed by atoms with Crippen LogP contribution in [0.15, 0.2) is 243 Å². The molecule has 0 saturated carbocycles. The lowest BCUT2D eigenvalue weighted by atomic mass is 9.65. The molecule has 0 radical (unpaired) electrons. The van der Waals surface area contributed by atoms with E-state index in [0.29, 0.717) is 0 Å². The Morgan fingerprint density at radius 3 is 2.46 bits per heavy atom. The summed E-state index contributed by atoms with van der Waals surface area (Å²) in [5.41, 5.74) is 30.0. The Morgan fingerprint density at radius 1 is 0.698 bits per heavy atom. The summed E-state index contributed by atoms with van der Waals surface area (Å²) in [4.78, 5) is 2.47. The van der Waals surface area contributed by atoms with Gasteiger partial charge in [-0.25, -0.2) is 0 Å². The number of anilines is 2. The minimum atomic E-state index is -0.501. The van der Waals surface area contributed by atoms with Crippen LogP contribution in [-0.4, -0.2) is 0 Å². The molecule has 0 amide bonds. The van der Waals surface area contributed by atoms with Gasteiger partial charge in [0, 0.05) is 22.2 Å². The molecule has 0 aliphatic heterocycles. The molecule has 1 heterocycles. The second-order valence-electron chi connectivity index (χ2n) is 17.7. The van der Waals surface area contributed by atoms with E-state index in [1.165, 1.54) is 78.0 Å². The van der Waals surface area contributed by atoms with Gasteiger partial charge in [0.05, 0.1) is 27.6 Å². The van der Waals surface area contributed by atoms with Crippen LogP contribution < -0.4 is 4.90 Å². The molecule has 1 aromatic heterocycles. The molecule has 2 unspecified atom stereocenters. The molecule has 7 aliphatic rings. The van der Waals surface area contributed by atoms with Gasteiger partial charge < -0.3 is 9.32 Å². The van der Waals surface area contributed by atoms with Gasteiger partial charge in [0.1, 0.15) is 11.2 Å². The highest BCUT2D eigenvalue weighted by molar-refractivity contribution is 6.13. The van der Waals surface area contributed by atoms with Gasteiger partial charge in [0.25, 0.3) is 0 Å². The molecule has 2 nitrogen and oxygen atoms in total. The average Bonchev–Trinajstić information content (AvgIpc) is 4.18. The molecule has 0 saturated heterocycles. The Morgan fingerprint density at radius 2 is 1.56 bits per heavy atom. The van der Waals surface area contributed by atoms with E-state index in [0.717, 1.165) is 58.3 Å². The topological polar surface area (TPSA) is 16.4 Å². The van der Waals surface area contributed by atoms with E-state index in [1.54, 1.807) is 0 Å². The van der Waals surface area contributed by atoms with Gasteiger partial charge in [0.15, 0.2) is 0 Å². The van der Waals surface area contributed by atoms with E-state index in [2.05, 4.69) is 218 Å². The molecule has 298 valence electrons. The minimum Gasteiger partial charge on any atom is -0.456 e. The molecule has 0 bridgehead atoms. The number of allylic oxidation sites excluding steroid dienone is 18. The maximum absolute atomic E-state index is 6.61. The SMILES string of the molecule is C/C1=C\C=C/C=Cc2ccccc2C12C1=C(CCC=C1)c1ccc(N(C3=C=C4C(=C3)C(C3=C=CC=C3)(c3ccccc3C)C3=C4C=CC3)c3cccc4oc5ccccc5c34)cc12. The number of hydrogen-bond acceptors (Lipinski definition) is 2. The molecule has 0 N–H and O–H groups in total. The third-order valence-electron chi connectivity index (χ3n) is 14.6. The van der Waals surface area contributed by atoms with Crippen molar-refractivity contribution in [1.82, 2.24) is 0 Å². The Bertz CT molecular complexity index is 3520. The summed E-state index contributed by atoms with van der Waals surface area (Å²) in [5.74, 6) is 0. The van der Waals surface area contributed by atoms with Crippen molar-refractivity contribution in [3.63, 3.8) is 0 Å². The summed E-state index contributed by atoms with van der Waals surface area (Å²) in [6.07, 6.45) is 32.5. The molecule has 0 fully saturated rings. The third-order valence-corrected chi connectivity index (χ3v) is 14.6. The maximum Gasteiger partial charge on any atom is 0.137 e. The zero-order chi connectivity index (χ0) is 41.9. The molecular weight excluding hydrogens is 763 g/mol. The van der Waals surface area contributed by atoms with Crippen LogP contribution in [-0.2, 0) is 10.8 Å². The summed E-state index contributed by atoms with van der Waals surface area (Å²) in [6.45, 7) is 4.59. The predicted octanol–water partition coefficient (Wildman–Crippen LogP) is 15.2. The molecule has 63 heavy (non-hydrogen) atoms. The van der Waals surface area contributed by atoms with Gasteiger partial charge in [0.2, 0.25) is 0 Å². The van der Waals surface area contributed by atoms with Crippen LogP contribution in [0.4, 0.5) is 11.4 Å². The first kappa shape index (κ1) is 36.1. The predicted molar refractivity (Wildman–Crippen MR) is 260 cm³/mol. The number of furan rings is 1. The summed E-state index contributed by atoms with van der Waals surface area (Å²) < 4.78 is 6.61.